The van der Waals surface area contributed by atoms with Gasteiger partial charge in [0.1, 0.15) is 5.78 Å². The molecule has 7 atom stereocenters. The Bertz CT molecular complexity index is 746. The Hall–Kier alpha value is -0.850. The van der Waals surface area contributed by atoms with Crippen molar-refractivity contribution in [2.24, 2.45) is 34.0 Å². The summed E-state index contributed by atoms with van der Waals surface area (Å²) in [6.45, 7) is 6.88. The molecule has 0 aromatic heterocycles. The van der Waals surface area contributed by atoms with Crippen molar-refractivity contribution >= 4 is 22.9 Å². The predicted octanol–water partition coefficient (Wildman–Crippen LogP) is 2.92. The highest BCUT2D eigenvalue weighted by Crippen LogP contribution is 2.70. The predicted molar refractivity (Wildman–Crippen MR) is 95.0 cm³/mol. The lowest BCUT2D eigenvalue weighted by atomic mass is 9.36. The molecule has 26 heavy (non-hydrogen) atoms. The van der Waals surface area contributed by atoms with Crippen molar-refractivity contribution in [3.8, 4) is 0 Å². The van der Waals surface area contributed by atoms with Crippen LogP contribution in [0.15, 0.2) is 12.2 Å². The fraction of sp³-hybridized carbons (Fsp3) is 0.800. The van der Waals surface area contributed by atoms with E-state index in [1.165, 1.54) is 0 Å². The third-order valence-electron chi connectivity index (χ3n) is 8.61. The summed E-state index contributed by atoms with van der Waals surface area (Å²) in [5, 5.41) is 0. The number of rotatable bonds is 0. The lowest BCUT2D eigenvalue weighted by Crippen LogP contribution is -2.69. The van der Waals surface area contributed by atoms with Crippen molar-refractivity contribution in [3.63, 3.8) is 0 Å². The zero-order valence-electron chi connectivity index (χ0n) is 15.3. The number of hydrogen-bond acceptors (Lipinski definition) is 5. The fourth-order valence-corrected chi connectivity index (χ4v) is 8.09. The number of fused-ring (bicyclic) bond motifs is 2. The SMILES string of the molecule is C=C1C(=O)[C@]23CC[C@H]1CC2[C@@]12CCC[C@@](C)(COS(=O)OC1)C2CC3=O. The van der Waals surface area contributed by atoms with Crippen LogP contribution in [0.25, 0.3) is 0 Å². The number of Topliss-reactive ketones (excluding diaryl/α,β-unsaturated/α-hetero) is 2. The van der Waals surface area contributed by atoms with E-state index in [0.29, 0.717) is 31.6 Å². The number of hydrogen-bond donors (Lipinski definition) is 0. The zero-order valence-corrected chi connectivity index (χ0v) is 16.1. The van der Waals surface area contributed by atoms with Crippen LogP contribution < -0.4 is 0 Å². The van der Waals surface area contributed by atoms with Crippen molar-refractivity contribution in [2.45, 2.75) is 51.9 Å². The summed E-state index contributed by atoms with van der Waals surface area (Å²) < 4.78 is 23.2. The van der Waals surface area contributed by atoms with Crippen LogP contribution in [-0.2, 0) is 29.3 Å². The summed E-state index contributed by atoms with van der Waals surface area (Å²) in [6.07, 6.45) is 5.75. The van der Waals surface area contributed by atoms with Gasteiger partial charge in [0.15, 0.2) is 5.78 Å². The molecule has 142 valence electrons. The molecule has 6 aliphatic rings. The molecular weight excluding hydrogens is 352 g/mol. The molecule has 0 N–H and O–H groups in total. The van der Waals surface area contributed by atoms with Gasteiger partial charge in [-0.3, -0.25) is 18.0 Å². The average molecular weight is 378 g/mol. The molecule has 6 heteroatoms. The molecule has 0 amide bonds. The van der Waals surface area contributed by atoms with E-state index in [-0.39, 0.29) is 40.2 Å². The Morgan fingerprint density at radius 2 is 1.88 bits per heavy atom. The largest absolute Gasteiger partial charge is 0.304 e. The third-order valence-corrected chi connectivity index (χ3v) is 9.23. The summed E-state index contributed by atoms with van der Waals surface area (Å²) in [6, 6.07) is 0. The van der Waals surface area contributed by atoms with Crippen LogP contribution >= 0.6 is 0 Å². The highest BCUT2D eigenvalue weighted by atomic mass is 32.2. The minimum absolute atomic E-state index is 0.00506. The summed E-state index contributed by atoms with van der Waals surface area (Å²) in [5.74, 6) is 0.421. The van der Waals surface area contributed by atoms with Gasteiger partial charge in [0, 0.05) is 11.8 Å². The van der Waals surface area contributed by atoms with Gasteiger partial charge in [0.05, 0.1) is 18.6 Å². The van der Waals surface area contributed by atoms with Crippen LogP contribution in [0.1, 0.15) is 51.9 Å². The van der Waals surface area contributed by atoms with Crippen LogP contribution in [-0.4, -0.2) is 29.0 Å². The zero-order chi connectivity index (χ0) is 18.3. The average Bonchev–Trinajstić information content (AvgIpc) is 2.63. The maximum Gasteiger partial charge on any atom is 0.304 e. The second-order valence-corrected chi connectivity index (χ2v) is 10.4. The summed E-state index contributed by atoms with van der Waals surface area (Å²) in [4.78, 5) is 26.7. The van der Waals surface area contributed by atoms with Crippen molar-refractivity contribution < 1.29 is 22.2 Å². The van der Waals surface area contributed by atoms with Gasteiger partial charge in [-0.2, -0.15) is 4.21 Å². The molecule has 5 saturated carbocycles. The summed E-state index contributed by atoms with van der Waals surface area (Å²) >= 11 is -1.75. The van der Waals surface area contributed by atoms with E-state index in [9.17, 15) is 13.8 Å². The fourth-order valence-electron chi connectivity index (χ4n) is 7.34. The molecule has 4 bridgehead atoms. The van der Waals surface area contributed by atoms with Gasteiger partial charge in [-0.1, -0.05) is 19.9 Å². The first-order valence-corrected chi connectivity index (χ1v) is 10.8. The lowest BCUT2D eigenvalue weighted by Gasteiger charge is -2.67. The van der Waals surface area contributed by atoms with E-state index in [2.05, 4.69) is 13.5 Å². The standard InChI is InChI=1S/C20H26O5S/c1-12-13-4-7-20(17(12)22)15(8-13)19-6-3-5-18(2,14(19)9-16(20)21)10-24-26(23)25-11-19/h13-15H,1,3-11H2,2H3/t13-,14?,15?,18-,19-,20+,26?/m0/s1. The first kappa shape index (κ1) is 17.3. The minimum atomic E-state index is -1.75. The van der Waals surface area contributed by atoms with Crippen molar-refractivity contribution in [2.75, 3.05) is 13.2 Å². The van der Waals surface area contributed by atoms with E-state index in [1.807, 2.05) is 0 Å². The smallest absolute Gasteiger partial charge is 0.299 e. The third kappa shape index (κ3) is 1.91. The summed E-state index contributed by atoms with van der Waals surface area (Å²) in [5.41, 5.74) is -0.681. The van der Waals surface area contributed by atoms with E-state index in [4.69, 9.17) is 8.37 Å². The van der Waals surface area contributed by atoms with Crippen LogP contribution in [0.5, 0.6) is 0 Å². The maximum absolute atomic E-state index is 13.4. The number of ketones is 2. The van der Waals surface area contributed by atoms with Crippen molar-refractivity contribution in [1.82, 2.24) is 0 Å². The van der Waals surface area contributed by atoms with Crippen molar-refractivity contribution in [1.29, 1.82) is 0 Å². The molecule has 0 aromatic carbocycles. The van der Waals surface area contributed by atoms with E-state index < -0.39 is 16.8 Å². The molecule has 1 spiro atoms. The van der Waals surface area contributed by atoms with Crippen LogP contribution in [0.4, 0.5) is 0 Å². The Kier molecular flexibility index (Phi) is 3.56. The highest BCUT2D eigenvalue weighted by molar-refractivity contribution is 7.75. The van der Waals surface area contributed by atoms with E-state index in [0.717, 1.165) is 32.1 Å². The Morgan fingerprint density at radius 1 is 1.12 bits per heavy atom. The first-order valence-electron chi connectivity index (χ1n) is 9.79. The van der Waals surface area contributed by atoms with Crippen LogP contribution in [0.2, 0.25) is 0 Å². The molecule has 6 rings (SSSR count). The van der Waals surface area contributed by atoms with Crippen molar-refractivity contribution in [3.05, 3.63) is 12.2 Å². The van der Waals surface area contributed by atoms with Gasteiger partial charge in [-0.05, 0) is 60.8 Å². The van der Waals surface area contributed by atoms with Crippen LogP contribution in [0.3, 0.4) is 0 Å². The van der Waals surface area contributed by atoms with Gasteiger partial charge in [-0.25, -0.2) is 0 Å². The molecule has 3 unspecified atom stereocenters. The molecule has 6 fully saturated rings. The van der Waals surface area contributed by atoms with Gasteiger partial charge in [0.25, 0.3) is 0 Å². The maximum atomic E-state index is 13.4. The topological polar surface area (TPSA) is 69.7 Å². The molecule has 5 nitrogen and oxygen atoms in total. The molecule has 0 aromatic rings. The number of allylic oxidation sites excluding steroid dienone is 1. The second kappa shape index (κ2) is 5.36. The Morgan fingerprint density at radius 3 is 2.69 bits per heavy atom. The van der Waals surface area contributed by atoms with Gasteiger partial charge >= 0.3 is 11.4 Å². The number of carbonyl (C=O) groups is 2. The Labute approximate surface area is 156 Å². The summed E-state index contributed by atoms with van der Waals surface area (Å²) in [7, 11) is 0. The molecule has 1 saturated heterocycles. The first-order chi connectivity index (χ1) is 12.3. The van der Waals surface area contributed by atoms with E-state index in [1.54, 1.807) is 0 Å². The van der Waals surface area contributed by atoms with Gasteiger partial charge in [0.2, 0.25) is 0 Å². The second-order valence-electron chi connectivity index (χ2n) is 9.50. The molecule has 1 heterocycles. The van der Waals surface area contributed by atoms with Gasteiger partial charge < -0.3 is 0 Å². The van der Waals surface area contributed by atoms with E-state index >= 15 is 0 Å². The molecule has 0 radical (unpaired) electrons. The quantitative estimate of drug-likeness (QED) is 0.479. The van der Waals surface area contributed by atoms with Crippen LogP contribution in [0, 0.1) is 34.0 Å². The number of carbonyl (C=O) groups excluding carboxylic acids is 2. The van der Waals surface area contributed by atoms with Gasteiger partial charge in [-0.15, -0.1) is 0 Å². The molecule has 1 aliphatic heterocycles. The lowest BCUT2D eigenvalue weighted by molar-refractivity contribution is -0.201. The molecular formula is C20H26O5S. The normalized spacial score (nSPS) is 53.5. The Balaban J connectivity index is 1.68. The minimum Gasteiger partial charge on any atom is -0.299 e. The highest BCUT2D eigenvalue weighted by Gasteiger charge is 2.72. The monoisotopic (exact) mass is 378 g/mol. The molecule has 5 aliphatic carbocycles.